The first-order valence-corrected chi connectivity index (χ1v) is 33.3. The molecule has 331 valence electrons. The Morgan fingerprint density at radius 3 is 1.92 bits per heavy atom. The summed E-state index contributed by atoms with van der Waals surface area (Å²) < 4.78 is 33.3. The third kappa shape index (κ3) is 10.3. The maximum absolute atomic E-state index is 8.45. The van der Waals surface area contributed by atoms with Crippen LogP contribution in [0.15, 0.2) is 156 Å². The van der Waals surface area contributed by atoms with Crippen LogP contribution in [0.3, 0.4) is 0 Å². The summed E-state index contributed by atoms with van der Waals surface area (Å²) in [4.78, 5) is 9.43. The monoisotopic (exact) mass is 1110 g/mol. The molecule has 0 unspecified atom stereocenters. The van der Waals surface area contributed by atoms with Crippen molar-refractivity contribution < 1.29 is 28.6 Å². The van der Waals surface area contributed by atoms with Gasteiger partial charge in [-0.05, 0) is 64.3 Å². The van der Waals surface area contributed by atoms with Crippen LogP contribution in [0.5, 0.6) is 0 Å². The van der Waals surface area contributed by atoms with Gasteiger partial charge in [-0.25, -0.2) is 0 Å². The molecule has 65 heavy (non-hydrogen) atoms. The minimum Gasteiger partial charge on any atom is -0.456 e. The first-order valence-electron chi connectivity index (χ1n) is 23.9. The van der Waals surface area contributed by atoms with Gasteiger partial charge in [-0.1, -0.05) is 82.3 Å². The van der Waals surface area contributed by atoms with Crippen LogP contribution in [-0.2, 0) is 20.1 Å². The van der Waals surface area contributed by atoms with Crippen LogP contribution in [0, 0.1) is 19.0 Å². The molecule has 3 heterocycles. The normalized spacial score (nSPS) is 12.6. The van der Waals surface area contributed by atoms with Crippen molar-refractivity contribution in [1.82, 2.24) is 9.97 Å². The van der Waals surface area contributed by atoms with Gasteiger partial charge >= 0.3 is 162 Å². The standard InChI is InChI=1S/C36H32NO.C23H28GeNSi.Ir/c1-22(2)29-19-31-28-16-9-10-17-33(28)38-36(31)34(23(3)4)35(29)30-20-32(37-21-24(30)5)27-15-11-14-26(18-27)25-12-7-6-8-13-25;1-24(2,3)22-14-12-19(16-21(22)18-10-8-7-9-11-18)23-15-13-20(17-25-23)26(4,5)6;/h6-14,16-23H,1-5H3;7-11,13-17H,1-6H3;/q2*-1;/i5D3;;. The summed E-state index contributed by atoms with van der Waals surface area (Å²) >= 11 is -2.00. The Bertz CT molecular complexity index is 3190. The summed E-state index contributed by atoms with van der Waals surface area (Å²) in [6, 6.07) is 54.9. The topological polar surface area (TPSA) is 38.9 Å². The Balaban J connectivity index is 0.000000219. The van der Waals surface area contributed by atoms with E-state index in [1.165, 1.54) is 26.9 Å². The summed E-state index contributed by atoms with van der Waals surface area (Å²) in [6.07, 6.45) is 3.59. The van der Waals surface area contributed by atoms with E-state index >= 15 is 0 Å². The van der Waals surface area contributed by atoms with E-state index in [9.17, 15) is 0 Å². The van der Waals surface area contributed by atoms with Gasteiger partial charge in [0.25, 0.3) is 0 Å². The summed E-state index contributed by atoms with van der Waals surface area (Å²) in [5.74, 6) is 7.55. The molecule has 0 bridgehead atoms. The number of fused-ring (bicyclic) bond motifs is 3. The Hall–Kier alpha value is -5.17. The Kier molecular flexibility index (Phi) is 13.3. The number of aromatic nitrogens is 2. The largest absolute Gasteiger partial charge is 0.456 e. The van der Waals surface area contributed by atoms with Gasteiger partial charge in [0.05, 0.1) is 0 Å². The second-order valence-corrected chi connectivity index (χ2v) is 35.1. The molecule has 0 atom stereocenters. The Morgan fingerprint density at radius 2 is 1.29 bits per heavy atom. The van der Waals surface area contributed by atoms with Gasteiger partial charge in [0.15, 0.2) is 0 Å². The quantitative estimate of drug-likeness (QED) is 0.107. The van der Waals surface area contributed by atoms with Crippen molar-refractivity contribution in [3.63, 3.8) is 0 Å². The smallest absolute Gasteiger partial charge is 0.139 e. The van der Waals surface area contributed by atoms with E-state index in [4.69, 9.17) is 13.5 Å². The van der Waals surface area contributed by atoms with E-state index in [1.54, 1.807) is 0 Å². The van der Waals surface area contributed by atoms with Crippen molar-refractivity contribution in [3.05, 3.63) is 181 Å². The van der Waals surface area contributed by atoms with Gasteiger partial charge in [0.2, 0.25) is 0 Å². The molecule has 0 N–H and O–H groups in total. The van der Waals surface area contributed by atoms with E-state index < -0.39 is 28.2 Å². The van der Waals surface area contributed by atoms with Crippen LogP contribution in [0.4, 0.5) is 0 Å². The second kappa shape index (κ2) is 19.7. The van der Waals surface area contributed by atoms with E-state index in [0.29, 0.717) is 11.3 Å². The second-order valence-electron chi connectivity index (χ2n) is 19.5. The van der Waals surface area contributed by atoms with Crippen LogP contribution in [-0.4, -0.2) is 31.3 Å². The number of benzene rings is 6. The molecule has 3 nitrogen and oxygen atoms in total. The van der Waals surface area contributed by atoms with Crippen LogP contribution in [0.25, 0.3) is 77.8 Å². The van der Waals surface area contributed by atoms with Gasteiger partial charge in [-0.3, -0.25) is 0 Å². The summed E-state index contributed by atoms with van der Waals surface area (Å²) in [6.45, 7) is 13.3. The molecule has 1 radical (unpaired) electrons. The average molecular weight is 1110 g/mol. The van der Waals surface area contributed by atoms with Gasteiger partial charge in [0.1, 0.15) is 11.2 Å². The molecule has 0 aliphatic heterocycles. The molecule has 0 spiro atoms. The van der Waals surface area contributed by atoms with E-state index in [2.05, 4.69) is 173 Å². The van der Waals surface area contributed by atoms with E-state index in [0.717, 1.165) is 66.6 Å². The molecule has 0 saturated carbocycles. The molecule has 0 aliphatic carbocycles. The molecule has 9 aromatic rings. The van der Waals surface area contributed by atoms with E-state index in [-0.39, 0.29) is 37.5 Å². The van der Waals surface area contributed by atoms with Crippen molar-refractivity contribution in [2.45, 2.75) is 83.3 Å². The number of nitrogens with zero attached hydrogens (tertiary/aromatic N) is 2. The zero-order valence-electron chi connectivity index (χ0n) is 42.2. The van der Waals surface area contributed by atoms with Crippen LogP contribution in [0.1, 0.15) is 60.3 Å². The number of pyridine rings is 2. The van der Waals surface area contributed by atoms with Gasteiger partial charge < -0.3 is 9.40 Å². The zero-order chi connectivity index (χ0) is 47.8. The molecule has 0 saturated heterocycles. The molecule has 0 fully saturated rings. The maximum Gasteiger partial charge on any atom is 0.139 e. The van der Waals surface area contributed by atoms with Crippen molar-refractivity contribution >= 4 is 52.9 Å². The van der Waals surface area contributed by atoms with Crippen molar-refractivity contribution in [1.29, 1.82) is 0 Å². The number of rotatable bonds is 9. The summed E-state index contributed by atoms with van der Waals surface area (Å²) in [7, 11) is -1.32. The van der Waals surface area contributed by atoms with Crippen LogP contribution < -0.4 is 9.58 Å². The molecule has 6 aromatic carbocycles. The fourth-order valence-electron chi connectivity index (χ4n) is 8.56. The number of hydrogen-bond donors (Lipinski definition) is 0. The molecular formula is C59H60GeIrN2OSi-2. The Labute approximate surface area is 408 Å². The molecule has 3 aromatic heterocycles. The van der Waals surface area contributed by atoms with Crippen molar-refractivity contribution in [2.24, 2.45) is 0 Å². The molecule has 0 aliphatic rings. The zero-order valence-corrected chi connectivity index (χ0v) is 44.7. The number of para-hydroxylation sites is 1. The van der Waals surface area contributed by atoms with Gasteiger partial charge in [0, 0.05) is 46.8 Å². The predicted octanol–water partition coefficient (Wildman–Crippen LogP) is 15.6. The number of hydrogen-bond acceptors (Lipinski definition) is 3. The van der Waals surface area contributed by atoms with Crippen molar-refractivity contribution in [2.75, 3.05) is 0 Å². The minimum atomic E-state index is -2.35. The molecular weight excluding hydrogens is 1050 g/mol. The van der Waals surface area contributed by atoms with Crippen molar-refractivity contribution in [3.8, 4) is 55.9 Å². The first kappa shape index (κ1) is 43.7. The third-order valence-corrected chi connectivity index (χ3v) is 18.3. The van der Waals surface area contributed by atoms with Gasteiger partial charge in [-0.15, -0.1) is 35.4 Å². The van der Waals surface area contributed by atoms with Crippen LogP contribution >= 0.6 is 0 Å². The minimum absolute atomic E-state index is 0. The number of furan rings is 1. The molecule has 0 amide bonds. The third-order valence-electron chi connectivity index (χ3n) is 12.0. The van der Waals surface area contributed by atoms with Gasteiger partial charge in [-0.2, -0.15) is 0 Å². The molecule has 6 heteroatoms. The molecule has 9 rings (SSSR count). The summed E-state index contributed by atoms with van der Waals surface area (Å²) in [5, 5.41) is 3.52. The maximum atomic E-state index is 8.45. The predicted molar refractivity (Wildman–Crippen MR) is 279 cm³/mol. The van der Waals surface area contributed by atoms with Crippen LogP contribution in [0.2, 0.25) is 36.9 Å². The SMILES string of the molecule is C[Si](C)(C)c1ccc(-c2[c-]c[c]([Ge]([CH3])([CH3])[CH3])c(-c3ccccc3)c2)nc1.[2H]C([2H])([2H])c1cnc(-c2[c-]ccc(-c3ccccc3)c2)cc1-c1c(C(C)C)cc2c(oc3ccccc32)c1C(C)C.[Ir]. The Morgan fingerprint density at radius 1 is 0.631 bits per heavy atom. The average Bonchev–Trinajstić information content (AvgIpc) is 3.69. The fourth-order valence-corrected chi connectivity index (χ4v) is 12.8. The van der Waals surface area contributed by atoms with E-state index in [1.807, 2.05) is 54.6 Å². The fraction of sp³-hybridized carbons (Fsp3) is 0.220. The summed E-state index contributed by atoms with van der Waals surface area (Å²) in [5.41, 5.74) is 14.0. The number of aryl methyl sites for hydroxylation is 1. The first-order chi connectivity index (χ1) is 31.8.